The molecular formula is C24H26Cl2N2O2. The first-order valence-electron chi connectivity index (χ1n) is 10.6. The molecule has 0 spiro atoms. The molecule has 0 aromatic heterocycles. The lowest BCUT2D eigenvalue weighted by molar-refractivity contribution is -0.159. The summed E-state index contributed by atoms with van der Waals surface area (Å²) in [5.74, 6) is -0.0467. The summed E-state index contributed by atoms with van der Waals surface area (Å²) >= 11 is 12.4. The Balaban J connectivity index is 1.68. The first-order chi connectivity index (χ1) is 14.5. The Labute approximate surface area is 187 Å². The fraction of sp³-hybridized carbons (Fsp3) is 0.417. The van der Waals surface area contributed by atoms with Crippen molar-refractivity contribution in [2.24, 2.45) is 0 Å². The Hall–Kier alpha value is -2.04. The normalized spacial score (nSPS) is 21.1. The van der Waals surface area contributed by atoms with E-state index in [0.717, 1.165) is 36.8 Å². The number of nitrogens with zero attached hydrogens (tertiary/aromatic N) is 2. The minimum atomic E-state index is -0.664. The van der Waals surface area contributed by atoms with Crippen LogP contribution in [0.1, 0.15) is 55.7 Å². The molecule has 2 aromatic carbocycles. The van der Waals surface area contributed by atoms with Crippen LogP contribution < -0.4 is 0 Å². The molecule has 0 bridgehead atoms. The highest BCUT2D eigenvalue weighted by Gasteiger charge is 2.42. The smallest absolute Gasteiger partial charge is 0.250 e. The highest BCUT2D eigenvalue weighted by molar-refractivity contribution is 6.31. The molecule has 1 saturated carbocycles. The Morgan fingerprint density at radius 1 is 0.867 bits per heavy atom. The second kappa shape index (κ2) is 9.40. The van der Waals surface area contributed by atoms with Gasteiger partial charge in [-0.15, -0.1) is 0 Å². The molecule has 1 heterocycles. The summed E-state index contributed by atoms with van der Waals surface area (Å²) in [5, 5.41) is 1.20. The van der Waals surface area contributed by atoms with Crippen LogP contribution in [-0.2, 0) is 16.1 Å². The van der Waals surface area contributed by atoms with E-state index in [1.165, 1.54) is 12.8 Å². The van der Waals surface area contributed by atoms with Crippen LogP contribution in [0.5, 0.6) is 0 Å². The zero-order chi connectivity index (χ0) is 21.1. The number of halogens is 2. The average Bonchev–Trinajstić information content (AvgIpc) is 3.02. The molecule has 30 heavy (non-hydrogen) atoms. The predicted molar refractivity (Wildman–Crippen MR) is 119 cm³/mol. The Kier molecular flexibility index (Phi) is 6.64. The Morgan fingerprint density at radius 3 is 2.20 bits per heavy atom. The third-order valence-electron chi connectivity index (χ3n) is 6.20. The number of hydrogen-bond acceptors (Lipinski definition) is 2. The van der Waals surface area contributed by atoms with Gasteiger partial charge in [-0.2, -0.15) is 0 Å². The number of rotatable bonds is 4. The minimum absolute atomic E-state index is 0.00382. The van der Waals surface area contributed by atoms with Gasteiger partial charge in [-0.05, 0) is 42.2 Å². The topological polar surface area (TPSA) is 40.6 Å². The van der Waals surface area contributed by atoms with Crippen LogP contribution in [0.2, 0.25) is 10.0 Å². The highest BCUT2D eigenvalue weighted by Crippen LogP contribution is 2.34. The predicted octanol–water partition coefficient (Wildman–Crippen LogP) is 5.63. The van der Waals surface area contributed by atoms with Crippen LogP contribution in [0.4, 0.5) is 0 Å². The van der Waals surface area contributed by atoms with Gasteiger partial charge in [0.1, 0.15) is 12.6 Å². The zero-order valence-electron chi connectivity index (χ0n) is 16.9. The number of benzene rings is 2. The van der Waals surface area contributed by atoms with Crippen LogP contribution in [0.25, 0.3) is 0 Å². The van der Waals surface area contributed by atoms with E-state index in [1.807, 2.05) is 41.3 Å². The maximum Gasteiger partial charge on any atom is 0.250 e. The highest BCUT2D eigenvalue weighted by atomic mass is 35.5. The summed E-state index contributed by atoms with van der Waals surface area (Å²) in [6.07, 6.45) is 6.56. The summed E-state index contributed by atoms with van der Waals surface area (Å²) in [6.45, 7) is 0.439. The van der Waals surface area contributed by atoms with Crippen molar-refractivity contribution in [3.8, 4) is 0 Å². The van der Waals surface area contributed by atoms with Crippen molar-refractivity contribution < 1.29 is 9.59 Å². The third kappa shape index (κ3) is 4.50. The van der Waals surface area contributed by atoms with Crippen LogP contribution in [-0.4, -0.2) is 34.2 Å². The van der Waals surface area contributed by atoms with Crippen molar-refractivity contribution in [3.05, 3.63) is 69.7 Å². The van der Waals surface area contributed by atoms with Gasteiger partial charge in [0.15, 0.2) is 0 Å². The van der Waals surface area contributed by atoms with Gasteiger partial charge >= 0.3 is 0 Å². The standard InChI is InChI=1S/C24H26Cl2N2O2/c25-19-13-11-17(12-14-19)23-24(30)27(20-8-3-1-2-4-9-20)16-22(29)28(23)15-18-7-5-6-10-21(18)26/h5-7,10-14,20,23H,1-4,8-9,15-16H2/t23-/m1/s1. The summed E-state index contributed by atoms with van der Waals surface area (Å²) < 4.78 is 0. The molecule has 1 atom stereocenters. The van der Waals surface area contributed by atoms with Gasteiger partial charge in [0.05, 0.1) is 0 Å². The molecule has 0 N–H and O–H groups in total. The first kappa shape index (κ1) is 21.2. The summed E-state index contributed by atoms with van der Waals surface area (Å²) in [5.41, 5.74) is 1.62. The van der Waals surface area contributed by atoms with Crippen molar-refractivity contribution in [2.45, 2.75) is 57.2 Å². The lowest BCUT2D eigenvalue weighted by atomic mass is 9.97. The Bertz CT molecular complexity index is 908. The quantitative estimate of drug-likeness (QED) is 0.573. The van der Waals surface area contributed by atoms with E-state index >= 15 is 0 Å². The van der Waals surface area contributed by atoms with E-state index < -0.39 is 6.04 Å². The molecule has 2 aromatic rings. The van der Waals surface area contributed by atoms with Crippen molar-refractivity contribution >= 4 is 35.0 Å². The summed E-state index contributed by atoms with van der Waals surface area (Å²) in [7, 11) is 0. The van der Waals surface area contributed by atoms with Crippen molar-refractivity contribution in [3.63, 3.8) is 0 Å². The second-order valence-corrected chi connectivity index (χ2v) is 9.02. The zero-order valence-corrected chi connectivity index (χ0v) is 18.4. The minimum Gasteiger partial charge on any atom is -0.328 e. The van der Waals surface area contributed by atoms with Gasteiger partial charge in [-0.25, -0.2) is 0 Å². The first-order valence-corrected chi connectivity index (χ1v) is 11.4. The SMILES string of the molecule is O=C1[C@@H](c2ccc(Cl)cc2)N(Cc2ccccc2Cl)C(=O)CN1C1CCCCCC1. The van der Waals surface area contributed by atoms with Gasteiger partial charge in [-0.1, -0.05) is 79.2 Å². The van der Waals surface area contributed by atoms with E-state index in [1.54, 1.807) is 17.0 Å². The van der Waals surface area contributed by atoms with Gasteiger partial charge < -0.3 is 9.80 Å². The summed E-state index contributed by atoms with van der Waals surface area (Å²) in [6, 6.07) is 14.2. The largest absolute Gasteiger partial charge is 0.328 e. The maximum atomic E-state index is 13.7. The fourth-order valence-corrected chi connectivity index (χ4v) is 4.91. The van der Waals surface area contributed by atoms with Gasteiger partial charge in [0.25, 0.3) is 5.91 Å². The molecule has 1 saturated heterocycles. The molecule has 4 rings (SSSR count). The molecule has 6 heteroatoms. The molecular weight excluding hydrogens is 419 g/mol. The Morgan fingerprint density at radius 2 is 1.53 bits per heavy atom. The lowest BCUT2D eigenvalue weighted by Gasteiger charge is -2.43. The van der Waals surface area contributed by atoms with Gasteiger partial charge in [0, 0.05) is 22.6 Å². The fourth-order valence-electron chi connectivity index (χ4n) is 4.58. The molecule has 0 unspecified atom stereocenters. The van der Waals surface area contributed by atoms with E-state index in [2.05, 4.69) is 0 Å². The average molecular weight is 445 g/mol. The van der Waals surface area contributed by atoms with Crippen LogP contribution >= 0.6 is 23.2 Å². The molecule has 1 aliphatic heterocycles. The third-order valence-corrected chi connectivity index (χ3v) is 6.83. The molecule has 1 aliphatic carbocycles. The molecule has 158 valence electrons. The molecule has 2 fully saturated rings. The van der Waals surface area contributed by atoms with E-state index in [-0.39, 0.29) is 24.4 Å². The number of carbonyl (C=O) groups is 2. The van der Waals surface area contributed by atoms with E-state index in [0.29, 0.717) is 16.6 Å². The number of piperazine rings is 1. The molecule has 4 nitrogen and oxygen atoms in total. The summed E-state index contributed by atoms with van der Waals surface area (Å²) in [4.78, 5) is 30.5. The molecule has 2 amide bonds. The maximum absolute atomic E-state index is 13.7. The number of amides is 2. The van der Waals surface area contributed by atoms with Gasteiger partial charge in [-0.3, -0.25) is 9.59 Å². The van der Waals surface area contributed by atoms with Crippen molar-refractivity contribution in [1.82, 2.24) is 9.80 Å². The van der Waals surface area contributed by atoms with E-state index in [4.69, 9.17) is 23.2 Å². The number of hydrogen-bond donors (Lipinski definition) is 0. The van der Waals surface area contributed by atoms with Crippen LogP contribution in [0.15, 0.2) is 48.5 Å². The monoisotopic (exact) mass is 444 g/mol. The molecule has 2 aliphatic rings. The van der Waals surface area contributed by atoms with Crippen molar-refractivity contribution in [1.29, 1.82) is 0 Å². The number of carbonyl (C=O) groups excluding carboxylic acids is 2. The van der Waals surface area contributed by atoms with Crippen LogP contribution in [0.3, 0.4) is 0 Å². The van der Waals surface area contributed by atoms with Crippen molar-refractivity contribution in [2.75, 3.05) is 6.54 Å². The lowest BCUT2D eigenvalue weighted by Crippen LogP contribution is -2.57. The van der Waals surface area contributed by atoms with E-state index in [9.17, 15) is 9.59 Å². The van der Waals surface area contributed by atoms with Gasteiger partial charge in [0.2, 0.25) is 5.91 Å². The van der Waals surface area contributed by atoms with Crippen LogP contribution in [0, 0.1) is 0 Å². The molecule has 0 radical (unpaired) electrons. The second-order valence-electron chi connectivity index (χ2n) is 8.18.